The van der Waals surface area contributed by atoms with E-state index in [1.54, 1.807) is 12.5 Å². The van der Waals surface area contributed by atoms with Gasteiger partial charge < -0.3 is 10.1 Å². The number of hydrogen-bond acceptors (Lipinski definition) is 4. The molecule has 0 radical (unpaired) electrons. The van der Waals surface area contributed by atoms with Crippen LogP contribution in [-0.2, 0) is 11.3 Å². The quantitative estimate of drug-likeness (QED) is 0.863. The molecule has 118 valence electrons. The van der Waals surface area contributed by atoms with Gasteiger partial charge in [-0.1, -0.05) is 43.6 Å². The lowest BCUT2D eigenvalue weighted by Gasteiger charge is -2.23. The first-order chi connectivity index (χ1) is 10.5. The number of nitrogens with one attached hydrogen (secondary N) is 1. The largest absolute Gasteiger partial charge is 0.378 e. The number of benzene rings is 1. The molecule has 1 N–H and O–H groups in total. The van der Waals surface area contributed by atoms with Crippen LogP contribution in [0.1, 0.15) is 40.9 Å². The molecule has 6 heteroatoms. The standard InChI is InChI=1S/C16H19ClN2O2S/c1-10(2)15(11-6-4-5-7-12(11)17)19-16(20)13-9-22-14(18-13)8-21-3/h4-7,9-10,15H,8H2,1-3H3,(H,19,20). The molecule has 22 heavy (non-hydrogen) atoms. The maximum Gasteiger partial charge on any atom is 0.271 e. The van der Waals surface area contributed by atoms with Gasteiger partial charge in [0.25, 0.3) is 5.91 Å². The van der Waals surface area contributed by atoms with Crippen LogP contribution in [-0.4, -0.2) is 18.0 Å². The van der Waals surface area contributed by atoms with Gasteiger partial charge in [0.2, 0.25) is 0 Å². The van der Waals surface area contributed by atoms with Crippen molar-refractivity contribution in [2.75, 3.05) is 7.11 Å². The number of ether oxygens (including phenoxy) is 1. The Kier molecular flexibility index (Phi) is 5.94. The molecule has 1 heterocycles. The number of methoxy groups -OCH3 is 1. The van der Waals surface area contributed by atoms with Crippen LogP contribution in [0, 0.1) is 5.92 Å². The van der Waals surface area contributed by atoms with E-state index in [1.165, 1.54) is 11.3 Å². The van der Waals surface area contributed by atoms with E-state index in [1.807, 2.05) is 38.1 Å². The van der Waals surface area contributed by atoms with Crippen LogP contribution in [0.3, 0.4) is 0 Å². The lowest BCUT2D eigenvalue weighted by molar-refractivity contribution is 0.0920. The van der Waals surface area contributed by atoms with Gasteiger partial charge in [-0.25, -0.2) is 4.98 Å². The summed E-state index contributed by atoms with van der Waals surface area (Å²) in [4.78, 5) is 16.7. The average molecular weight is 339 g/mol. The van der Waals surface area contributed by atoms with Crippen molar-refractivity contribution in [2.24, 2.45) is 5.92 Å². The minimum absolute atomic E-state index is 0.159. The molecule has 0 aliphatic heterocycles. The second kappa shape index (κ2) is 7.72. The van der Waals surface area contributed by atoms with E-state index in [-0.39, 0.29) is 17.9 Å². The van der Waals surface area contributed by atoms with Crippen LogP contribution in [0.4, 0.5) is 0 Å². The zero-order valence-electron chi connectivity index (χ0n) is 12.8. The van der Waals surface area contributed by atoms with Gasteiger partial charge in [-0.3, -0.25) is 4.79 Å². The van der Waals surface area contributed by atoms with Crippen LogP contribution < -0.4 is 5.32 Å². The van der Waals surface area contributed by atoms with Gasteiger partial charge in [0.15, 0.2) is 0 Å². The highest BCUT2D eigenvalue weighted by molar-refractivity contribution is 7.09. The smallest absolute Gasteiger partial charge is 0.271 e. The molecule has 2 rings (SSSR count). The summed E-state index contributed by atoms with van der Waals surface area (Å²) >= 11 is 7.67. The number of carbonyl (C=O) groups is 1. The molecule has 1 aromatic carbocycles. The summed E-state index contributed by atoms with van der Waals surface area (Å²) in [5.74, 6) is 0.0122. The van der Waals surface area contributed by atoms with E-state index < -0.39 is 0 Å². The second-order valence-electron chi connectivity index (χ2n) is 5.28. The minimum Gasteiger partial charge on any atom is -0.378 e. The van der Waals surface area contributed by atoms with E-state index in [9.17, 15) is 4.79 Å². The van der Waals surface area contributed by atoms with E-state index in [0.717, 1.165) is 10.6 Å². The Morgan fingerprint density at radius 3 is 2.77 bits per heavy atom. The van der Waals surface area contributed by atoms with Gasteiger partial charge in [0.1, 0.15) is 10.7 Å². The third-order valence-corrected chi connectivity index (χ3v) is 4.41. The van der Waals surface area contributed by atoms with Crippen molar-refractivity contribution in [3.8, 4) is 0 Å². The third-order valence-electron chi connectivity index (χ3n) is 3.25. The van der Waals surface area contributed by atoms with Crippen LogP contribution >= 0.6 is 22.9 Å². The van der Waals surface area contributed by atoms with E-state index in [4.69, 9.17) is 16.3 Å². The fourth-order valence-electron chi connectivity index (χ4n) is 2.15. The molecule has 1 amide bonds. The fraction of sp³-hybridized carbons (Fsp3) is 0.375. The fourth-order valence-corrected chi connectivity index (χ4v) is 3.15. The molecule has 0 saturated carbocycles. The number of rotatable bonds is 6. The molecular weight excluding hydrogens is 320 g/mol. The molecule has 0 bridgehead atoms. The molecule has 0 spiro atoms. The molecule has 0 saturated heterocycles. The number of halogens is 1. The van der Waals surface area contributed by atoms with Gasteiger partial charge in [0.05, 0.1) is 12.6 Å². The second-order valence-corrected chi connectivity index (χ2v) is 6.63. The molecule has 4 nitrogen and oxygen atoms in total. The molecule has 0 fully saturated rings. The van der Waals surface area contributed by atoms with Crippen molar-refractivity contribution in [1.82, 2.24) is 10.3 Å². The zero-order valence-corrected chi connectivity index (χ0v) is 14.4. The van der Waals surface area contributed by atoms with Crippen LogP contribution in [0.2, 0.25) is 5.02 Å². The van der Waals surface area contributed by atoms with Crippen molar-refractivity contribution in [1.29, 1.82) is 0 Å². The topological polar surface area (TPSA) is 51.2 Å². The molecule has 1 atom stereocenters. The van der Waals surface area contributed by atoms with Crippen molar-refractivity contribution in [3.05, 3.63) is 50.9 Å². The molecule has 2 aromatic rings. The predicted molar refractivity (Wildman–Crippen MR) is 89.3 cm³/mol. The van der Waals surface area contributed by atoms with E-state index in [2.05, 4.69) is 10.3 Å². The summed E-state index contributed by atoms with van der Waals surface area (Å²) in [5.41, 5.74) is 1.33. The first kappa shape index (κ1) is 16.9. The van der Waals surface area contributed by atoms with Crippen LogP contribution in [0.25, 0.3) is 0 Å². The summed E-state index contributed by atoms with van der Waals surface area (Å²) < 4.78 is 5.02. The zero-order chi connectivity index (χ0) is 16.1. The molecule has 1 unspecified atom stereocenters. The highest BCUT2D eigenvalue weighted by Crippen LogP contribution is 2.28. The minimum atomic E-state index is -0.197. The Morgan fingerprint density at radius 1 is 1.41 bits per heavy atom. The Bertz CT molecular complexity index is 643. The van der Waals surface area contributed by atoms with Crippen molar-refractivity contribution in [2.45, 2.75) is 26.5 Å². The number of thiazole rings is 1. The number of amides is 1. The van der Waals surface area contributed by atoms with Crippen LogP contribution in [0.5, 0.6) is 0 Å². The summed E-state index contributed by atoms with van der Waals surface area (Å²) in [6.07, 6.45) is 0. The number of nitrogens with zero attached hydrogens (tertiary/aromatic N) is 1. The van der Waals surface area contributed by atoms with Crippen LogP contribution in [0.15, 0.2) is 29.6 Å². The van der Waals surface area contributed by atoms with Gasteiger partial charge in [-0.15, -0.1) is 11.3 Å². The van der Waals surface area contributed by atoms with Gasteiger partial charge in [-0.2, -0.15) is 0 Å². The molecular formula is C16H19ClN2O2S. The monoisotopic (exact) mass is 338 g/mol. The molecule has 0 aliphatic carbocycles. The summed E-state index contributed by atoms with van der Waals surface area (Å²) in [7, 11) is 1.60. The molecule has 0 aliphatic rings. The Hall–Kier alpha value is -1.43. The predicted octanol–water partition coefficient (Wildman–Crippen LogP) is 4.07. The highest BCUT2D eigenvalue weighted by Gasteiger charge is 2.22. The maximum atomic E-state index is 12.4. The Morgan fingerprint density at radius 2 is 2.14 bits per heavy atom. The lowest BCUT2D eigenvalue weighted by Crippen LogP contribution is -2.32. The third kappa shape index (κ3) is 4.06. The summed E-state index contributed by atoms with van der Waals surface area (Å²) in [5, 5.41) is 6.21. The Labute approximate surface area is 139 Å². The van der Waals surface area contributed by atoms with Gasteiger partial charge in [-0.05, 0) is 17.5 Å². The van der Waals surface area contributed by atoms with Crippen molar-refractivity contribution >= 4 is 28.8 Å². The first-order valence-electron chi connectivity index (χ1n) is 7.01. The summed E-state index contributed by atoms with van der Waals surface area (Å²) in [6.45, 7) is 4.51. The lowest BCUT2D eigenvalue weighted by atomic mass is 9.96. The normalized spacial score (nSPS) is 12.4. The maximum absolute atomic E-state index is 12.4. The van der Waals surface area contributed by atoms with Gasteiger partial charge in [0, 0.05) is 17.5 Å². The molecule has 1 aromatic heterocycles. The number of carbonyl (C=O) groups excluding carboxylic acids is 1. The van der Waals surface area contributed by atoms with Crippen molar-refractivity contribution in [3.63, 3.8) is 0 Å². The average Bonchev–Trinajstić information content (AvgIpc) is 2.94. The highest BCUT2D eigenvalue weighted by atomic mass is 35.5. The van der Waals surface area contributed by atoms with E-state index >= 15 is 0 Å². The number of aromatic nitrogens is 1. The number of hydrogen-bond donors (Lipinski definition) is 1. The van der Waals surface area contributed by atoms with Gasteiger partial charge >= 0.3 is 0 Å². The van der Waals surface area contributed by atoms with E-state index in [0.29, 0.717) is 17.3 Å². The van der Waals surface area contributed by atoms with Crippen molar-refractivity contribution < 1.29 is 9.53 Å². The SMILES string of the molecule is COCc1nc(C(=O)NC(c2ccccc2Cl)C(C)C)cs1. The summed E-state index contributed by atoms with van der Waals surface area (Å²) in [6, 6.07) is 7.40. The first-order valence-corrected chi connectivity index (χ1v) is 8.27. The Balaban J connectivity index is 2.17.